The third-order valence-electron chi connectivity index (χ3n) is 4.23. The molecule has 1 saturated carbocycles. The van der Waals surface area contributed by atoms with Crippen molar-refractivity contribution in [2.75, 3.05) is 7.11 Å². The van der Waals surface area contributed by atoms with Gasteiger partial charge in [-0.1, -0.05) is 30.3 Å². The zero-order valence-corrected chi connectivity index (χ0v) is 14.2. The zero-order valence-electron chi connectivity index (χ0n) is 14.2. The van der Waals surface area contributed by atoms with Crippen molar-refractivity contribution >= 4 is 17.6 Å². The molecule has 1 amide bonds. The number of aliphatic hydroxyl groups is 1. The average molecular weight is 343 g/mol. The monoisotopic (exact) mass is 343 g/mol. The minimum atomic E-state index is -1.08. The summed E-state index contributed by atoms with van der Waals surface area (Å²) < 4.78 is 4.93. The number of hydrazone groups is 1. The number of benzene rings is 1. The summed E-state index contributed by atoms with van der Waals surface area (Å²) in [6.07, 6.45) is 0.156. The number of hydrogen-bond donors (Lipinski definition) is 2. The number of nitrogens with zero attached hydrogens (tertiary/aromatic N) is 2. The lowest BCUT2D eigenvalue weighted by atomic mass is 9.68. The molecule has 7 heteroatoms. The number of nitriles is 1. The van der Waals surface area contributed by atoms with E-state index in [4.69, 9.17) is 10.00 Å². The molecule has 0 saturated heterocycles. The second kappa shape index (κ2) is 7.90. The van der Waals surface area contributed by atoms with E-state index >= 15 is 0 Å². The first kappa shape index (κ1) is 18.6. The molecule has 3 atom stereocenters. The molecule has 0 bridgehead atoms. The van der Waals surface area contributed by atoms with Gasteiger partial charge in [-0.15, -0.1) is 0 Å². The number of carbonyl (C=O) groups is 2. The molecule has 132 valence electrons. The Balaban J connectivity index is 2.41. The Bertz CT molecular complexity index is 707. The second-order valence-electron chi connectivity index (χ2n) is 6.37. The number of carbonyl (C=O) groups excluding carboxylic acids is 2. The molecule has 0 aromatic heterocycles. The predicted octanol–water partition coefficient (Wildman–Crippen LogP) is 1.49. The largest absolute Gasteiger partial charge is 0.468 e. The summed E-state index contributed by atoms with van der Waals surface area (Å²) in [6, 6.07) is 11.1. The van der Waals surface area contributed by atoms with Gasteiger partial charge >= 0.3 is 5.97 Å². The molecule has 0 spiro atoms. The Kier molecular flexibility index (Phi) is 5.88. The molecular formula is C18H21N3O4. The standard InChI is InChI=1S/C18H21N3O4/c1-18(24)10-13(12-6-4-3-5-7-12)16(17(23)25-2)14(11-18)20-21-15(22)8-9-19/h3-7,13,16,24H,8,10-11H2,1-2H3,(H,21,22)/b20-14+. The van der Waals surface area contributed by atoms with Crippen LogP contribution in [0.25, 0.3) is 0 Å². The van der Waals surface area contributed by atoms with E-state index in [-0.39, 0.29) is 18.8 Å². The van der Waals surface area contributed by atoms with Crippen molar-refractivity contribution in [3.05, 3.63) is 35.9 Å². The third-order valence-corrected chi connectivity index (χ3v) is 4.23. The zero-order chi connectivity index (χ0) is 18.4. The third kappa shape index (κ3) is 4.64. The van der Waals surface area contributed by atoms with Gasteiger partial charge in [0.05, 0.1) is 24.5 Å². The molecule has 2 N–H and O–H groups in total. The number of rotatable bonds is 4. The number of hydrogen-bond acceptors (Lipinski definition) is 6. The van der Waals surface area contributed by atoms with Gasteiger partial charge in [0.1, 0.15) is 12.3 Å². The highest BCUT2D eigenvalue weighted by Crippen LogP contribution is 2.41. The minimum Gasteiger partial charge on any atom is -0.468 e. The molecule has 2 rings (SSSR count). The minimum absolute atomic E-state index is 0.128. The van der Waals surface area contributed by atoms with Crippen molar-refractivity contribution in [3.8, 4) is 6.07 Å². The highest BCUT2D eigenvalue weighted by molar-refractivity contribution is 6.04. The number of ether oxygens (including phenoxy) is 1. The maximum atomic E-state index is 12.4. The molecule has 0 heterocycles. The molecule has 1 aromatic carbocycles. The average Bonchev–Trinajstić information content (AvgIpc) is 2.59. The Hall–Kier alpha value is -2.72. The van der Waals surface area contributed by atoms with Crippen LogP contribution in [0, 0.1) is 17.2 Å². The molecule has 3 unspecified atom stereocenters. The van der Waals surface area contributed by atoms with E-state index in [1.54, 1.807) is 13.0 Å². The van der Waals surface area contributed by atoms with Crippen LogP contribution in [-0.2, 0) is 14.3 Å². The van der Waals surface area contributed by atoms with Crippen LogP contribution in [-0.4, -0.2) is 35.4 Å². The lowest BCUT2D eigenvalue weighted by Crippen LogP contribution is -2.46. The van der Waals surface area contributed by atoms with Crippen molar-refractivity contribution in [2.45, 2.75) is 37.7 Å². The smallest absolute Gasteiger partial charge is 0.315 e. The van der Waals surface area contributed by atoms with Crippen LogP contribution in [0.3, 0.4) is 0 Å². The molecule has 1 fully saturated rings. The van der Waals surface area contributed by atoms with Crippen LogP contribution >= 0.6 is 0 Å². The predicted molar refractivity (Wildman–Crippen MR) is 90.4 cm³/mol. The molecule has 25 heavy (non-hydrogen) atoms. The van der Waals surface area contributed by atoms with Gasteiger partial charge in [-0.25, -0.2) is 5.43 Å². The first-order chi connectivity index (χ1) is 11.9. The molecule has 1 aliphatic rings. The van der Waals surface area contributed by atoms with E-state index in [2.05, 4.69) is 10.5 Å². The summed E-state index contributed by atoms with van der Waals surface area (Å²) in [7, 11) is 1.29. The molecule has 1 aromatic rings. The normalized spacial score (nSPS) is 27.4. The van der Waals surface area contributed by atoms with Crippen LogP contribution < -0.4 is 5.43 Å². The van der Waals surface area contributed by atoms with Crippen LogP contribution in [0.15, 0.2) is 35.4 Å². The molecule has 7 nitrogen and oxygen atoms in total. The van der Waals surface area contributed by atoms with E-state index in [1.807, 2.05) is 30.3 Å². The Morgan fingerprint density at radius 2 is 2.12 bits per heavy atom. The van der Waals surface area contributed by atoms with Gasteiger partial charge < -0.3 is 9.84 Å². The fourth-order valence-electron chi connectivity index (χ4n) is 3.19. The fourth-order valence-corrected chi connectivity index (χ4v) is 3.19. The van der Waals surface area contributed by atoms with Crippen molar-refractivity contribution in [1.29, 1.82) is 5.26 Å². The molecule has 1 aliphatic carbocycles. The van der Waals surface area contributed by atoms with E-state index < -0.39 is 23.4 Å². The van der Waals surface area contributed by atoms with E-state index in [0.717, 1.165) is 5.56 Å². The Morgan fingerprint density at radius 1 is 1.44 bits per heavy atom. The summed E-state index contributed by atoms with van der Waals surface area (Å²) in [6.45, 7) is 1.67. The highest BCUT2D eigenvalue weighted by Gasteiger charge is 2.45. The number of esters is 1. The highest BCUT2D eigenvalue weighted by atomic mass is 16.5. The summed E-state index contributed by atoms with van der Waals surface area (Å²) in [4.78, 5) is 23.9. The topological polar surface area (TPSA) is 112 Å². The van der Waals surface area contributed by atoms with Gasteiger partial charge in [0.15, 0.2) is 0 Å². The summed E-state index contributed by atoms with van der Waals surface area (Å²) in [5.74, 6) is -2.09. The first-order valence-electron chi connectivity index (χ1n) is 7.95. The van der Waals surface area contributed by atoms with Gasteiger partial charge in [-0.2, -0.15) is 10.4 Å². The summed E-state index contributed by atoms with van der Waals surface area (Å²) >= 11 is 0. The van der Waals surface area contributed by atoms with Crippen molar-refractivity contribution in [3.63, 3.8) is 0 Å². The van der Waals surface area contributed by atoms with Crippen molar-refractivity contribution in [2.24, 2.45) is 11.0 Å². The van der Waals surface area contributed by atoms with Crippen LogP contribution in [0.2, 0.25) is 0 Å². The van der Waals surface area contributed by atoms with E-state index in [0.29, 0.717) is 12.1 Å². The van der Waals surface area contributed by atoms with Gasteiger partial charge in [0.2, 0.25) is 0 Å². The number of amides is 1. The van der Waals surface area contributed by atoms with Gasteiger partial charge in [-0.05, 0) is 18.9 Å². The molecule has 0 radical (unpaired) electrons. The SMILES string of the molecule is COC(=O)C1/C(=N/NC(=O)CC#N)CC(C)(O)CC1c1ccccc1. The Labute approximate surface area is 146 Å². The van der Waals surface area contributed by atoms with Crippen molar-refractivity contribution in [1.82, 2.24) is 5.43 Å². The fraction of sp³-hybridized carbons (Fsp3) is 0.444. The van der Waals surface area contributed by atoms with Gasteiger partial charge in [0, 0.05) is 12.3 Å². The summed E-state index contributed by atoms with van der Waals surface area (Å²) in [5, 5.41) is 23.2. The van der Waals surface area contributed by atoms with Crippen LogP contribution in [0.5, 0.6) is 0 Å². The Morgan fingerprint density at radius 3 is 2.72 bits per heavy atom. The van der Waals surface area contributed by atoms with Crippen LogP contribution in [0.4, 0.5) is 0 Å². The number of methoxy groups -OCH3 is 1. The first-order valence-corrected chi connectivity index (χ1v) is 7.95. The molecular weight excluding hydrogens is 322 g/mol. The lowest BCUT2D eigenvalue weighted by Gasteiger charge is -2.39. The van der Waals surface area contributed by atoms with Gasteiger partial charge in [0.25, 0.3) is 5.91 Å². The summed E-state index contributed by atoms with van der Waals surface area (Å²) in [5.41, 5.74) is 2.42. The van der Waals surface area contributed by atoms with Gasteiger partial charge in [-0.3, -0.25) is 9.59 Å². The van der Waals surface area contributed by atoms with Crippen LogP contribution in [0.1, 0.15) is 37.7 Å². The molecule has 0 aliphatic heterocycles. The number of nitrogens with one attached hydrogen (secondary N) is 1. The second-order valence-corrected chi connectivity index (χ2v) is 6.37. The lowest BCUT2D eigenvalue weighted by molar-refractivity contribution is -0.144. The van der Waals surface area contributed by atoms with E-state index in [1.165, 1.54) is 7.11 Å². The maximum Gasteiger partial charge on any atom is 0.315 e. The van der Waals surface area contributed by atoms with E-state index in [9.17, 15) is 14.7 Å². The quantitative estimate of drug-likeness (QED) is 0.635. The van der Waals surface area contributed by atoms with Crippen molar-refractivity contribution < 1.29 is 19.4 Å². The maximum absolute atomic E-state index is 12.4.